The number of carbonyl (C=O) groups excluding carboxylic acids is 1. The summed E-state index contributed by atoms with van der Waals surface area (Å²) in [6.45, 7) is 5.82. The molecule has 5 heteroatoms. The average Bonchev–Trinajstić information content (AvgIpc) is 3.00. The third-order valence-corrected chi connectivity index (χ3v) is 5.32. The van der Waals surface area contributed by atoms with E-state index in [-0.39, 0.29) is 12.0 Å². The van der Waals surface area contributed by atoms with Crippen molar-refractivity contribution >= 4 is 17.7 Å². The van der Waals surface area contributed by atoms with E-state index in [0.717, 1.165) is 17.1 Å². The molecule has 114 valence electrons. The second-order valence-corrected chi connectivity index (χ2v) is 6.41. The lowest BCUT2D eigenvalue weighted by Gasteiger charge is -2.37. The molecule has 1 aliphatic rings. The molecule has 2 aromatic rings. The summed E-state index contributed by atoms with van der Waals surface area (Å²) >= 11 is 1.74. The molecule has 3 rings (SSSR count). The molecule has 0 amide bonds. The maximum Gasteiger partial charge on any atom is 0.357 e. The average molecular weight is 314 g/mol. The van der Waals surface area contributed by atoms with Crippen molar-refractivity contribution in [3.63, 3.8) is 0 Å². The van der Waals surface area contributed by atoms with Crippen molar-refractivity contribution in [3.8, 4) is 0 Å². The Morgan fingerprint density at radius 2 is 2.18 bits per heavy atom. The molecule has 1 aromatic carbocycles. The zero-order valence-electron chi connectivity index (χ0n) is 12.4. The summed E-state index contributed by atoms with van der Waals surface area (Å²) in [6.07, 6.45) is 4.96. The van der Waals surface area contributed by atoms with Gasteiger partial charge in [0.05, 0.1) is 18.6 Å². The van der Waals surface area contributed by atoms with Gasteiger partial charge < -0.3 is 9.30 Å². The minimum atomic E-state index is -0.521. The molecule has 0 N–H and O–H groups in total. The summed E-state index contributed by atoms with van der Waals surface area (Å²) in [5.74, 6) is 1.19. The number of hydrogen-bond donors (Lipinski definition) is 0. The van der Waals surface area contributed by atoms with Gasteiger partial charge in [-0.25, -0.2) is 9.78 Å². The highest BCUT2D eigenvalue weighted by molar-refractivity contribution is 8.00. The lowest BCUT2D eigenvalue weighted by atomic mass is 10.1. The van der Waals surface area contributed by atoms with Crippen molar-refractivity contribution < 1.29 is 9.53 Å². The number of thioether (sulfide) groups is 1. The third kappa shape index (κ3) is 2.68. The number of hydrogen-bond acceptors (Lipinski definition) is 4. The molecule has 1 aliphatic heterocycles. The monoisotopic (exact) mass is 314 g/mol. The first-order valence-electron chi connectivity index (χ1n) is 7.17. The Morgan fingerprint density at radius 1 is 1.45 bits per heavy atom. The number of nitrogens with zero attached hydrogens (tertiary/aromatic N) is 2. The molecule has 0 spiro atoms. The predicted molar refractivity (Wildman–Crippen MR) is 88.2 cm³/mol. The molecule has 1 atom stereocenters. The fourth-order valence-corrected chi connectivity index (χ4v) is 3.38. The van der Waals surface area contributed by atoms with Gasteiger partial charge in [-0.05, 0) is 18.6 Å². The minimum absolute atomic E-state index is 0.0155. The van der Waals surface area contributed by atoms with Gasteiger partial charge in [-0.1, -0.05) is 36.9 Å². The zero-order valence-corrected chi connectivity index (χ0v) is 13.3. The van der Waals surface area contributed by atoms with E-state index >= 15 is 0 Å². The summed E-state index contributed by atoms with van der Waals surface area (Å²) < 4.78 is 7.50. The van der Waals surface area contributed by atoms with E-state index in [2.05, 4.69) is 11.6 Å². The topological polar surface area (TPSA) is 44.1 Å². The van der Waals surface area contributed by atoms with E-state index in [1.807, 2.05) is 41.8 Å². The normalized spacial score (nSPS) is 17.3. The first kappa shape index (κ1) is 14.9. The number of aromatic nitrogens is 2. The van der Waals surface area contributed by atoms with Crippen LogP contribution in [0.4, 0.5) is 0 Å². The Balaban J connectivity index is 1.83. The largest absolute Gasteiger partial charge is 0.448 e. The highest BCUT2D eigenvalue weighted by Gasteiger charge is 2.39. The number of rotatable bonds is 5. The first-order chi connectivity index (χ1) is 10.7. The van der Waals surface area contributed by atoms with E-state index in [1.54, 1.807) is 30.4 Å². The highest BCUT2D eigenvalue weighted by Crippen LogP contribution is 2.35. The Kier molecular flexibility index (Phi) is 4.07. The Labute approximate surface area is 134 Å². The SMILES string of the molecule is C=CC1(OC(=O)c2cncn2[C@H](C)c2ccccc2)CSC1. The van der Waals surface area contributed by atoms with Crippen LogP contribution in [0.15, 0.2) is 55.5 Å². The van der Waals surface area contributed by atoms with Crippen LogP contribution in [0.1, 0.15) is 29.0 Å². The third-order valence-electron chi connectivity index (χ3n) is 3.94. The number of benzene rings is 1. The van der Waals surface area contributed by atoms with Crippen LogP contribution < -0.4 is 0 Å². The molecule has 1 aromatic heterocycles. The standard InChI is InChI=1S/C17H18N2O2S/c1-3-17(10-22-11-17)21-16(20)15-9-18-12-19(15)13(2)14-7-5-4-6-8-14/h3-9,12-13H,1,10-11H2,2H3/t13-/m1/s1. The van der Waals surface area contributed by atoms with Crippen molar-refractivity contribution in [1.82, 2.24) is 9.55 Å². The van der Waals surface area contributed by atoms with Gasteiger partial charge in [0, 0.05) is 11.5 Å². The molecule has 0 radical (unpaired) electrons. The minimum Gasteiger partial charge on any atom is -0.448 e. The van der Waals surface area contributed by atoms with Crippen LogP contribution in [-0.4, -0.2) is 32.6 Å². The van der Waals surface area contributed by atoms with Crippen LogP contribution >= 0.6 is 11.8 Å². The highest BCUT2D eigenvalue weighted by atomic mass is 32.2. The lowest BCUT2D eigenvalue weighted by Crippen LogP contribution is -2.45. The van der Waals surface area contributed by atoms with Crippen molar-refractivity contribution in [2.75, 3.05) is 11.5 Å². The number of carbonyl (C=O) groups is 1. The van der Waals surface area contributed by atoms with E-state index in [1.165, 1.54) is 0 Å². The maximum absolute atomic E-state index is 12.5. The molecular formula is C17H18N2O2S. The second-order valence-electron chi connectivity index (χ2n) is 5.42. The summed E-state index contributed by atoms with van der Waals surface area (Å²) in [6, 6.07) is 10.0. The summed E-state index contributed by atoms with van der Waals surface area (Å²) in [5, 5.41) is 0. The van der Waals surface area contributed by atoms with Crippen LogP contribution in [0, 0.1) is 0 Å². The second kappa shape index (κ2) is 6.01. The Morgan fingerprint density at radius 3 is 2.77 bits per heavy atom. The van der Waals surface area contributed by atoms with Crippen LogP contribution in [0.5, 0.6) is 0 Å². The van der Waals surface area contributed by atoms with Gasteiger partial charge in [-0.15, -0.1) is 0 Å². The van der Waals surface area contributed by atoms with Crippen molar-refractivity contribution in [1.29, 1.82) is 0 Å². The Bertz CT molecular complexity index is 677. The van der Waals surface area contributed by atoms with Crippen LogP contribution in [0.25, 0.3) is 0 Å². The summed E-state index contributed by atoms with van der Waals surface area (Å²) in [7, 11) is 0. The van der Waals surface area contributed by atoms with Gasteiger partial charge in [0.1, 0.15) is 11.3 Å². The lowest BCUT2D eigenvalue weighted by molar-refractivity contribution is 0.0156. The zero-order chi connectivity index (χ0) is 15.6. The van der Waals surface area contributed by atoms with Crippen LogP contribution in [0.3, 0.4) is 0 Å². The molecule has 1 fully saturated rings. The summed E-state index contributed by atoms with van der Waals surface area (Å²) in [4.78, 5) is 16.6. The molecule has 1 saturated heterocycles. The van der Waals surface area contributed by atoms with E-state index in [0.29, 0.717) is 5.69 Å². The first-order valence-corrected chi connectivity index (χ1v) is 8.32. The quantitative estimate of drug-likeness (QED) is 0.627. The molecule has 4 nitrogen and oxygen atoms in total. The van der Waals surface area contributed by atoms with E-state index < -0.39 is 5.60 Å². The fraction of sp³-hybridized carbons (Fsp3) is 0.294. The maximum atomic E-state index is 12.5. The van der Waals surface area contributed by atoms with Crippen molar-refractivity contribution in [2.24, 2.45) is 0 Å². The molecule has 0 bridgehead atoms. The Hall–Kier alpha value is -2.01. The van der Waals surface area contributed by atoms with Gasteiger partial charge >= 0.3 is 5.97 Å². The van der Waals surface area contributed by atoms with Gasteiger partial charge in [-0.3, -0.25) is 0 Å². The smallest absolute Gasteiger partial charge is 0.357 e. The number of esters is 1. The van der Waals surface area contributed by atoms with Gasteiger partial charge in [0.2, 0.25) is 0 Å². The molecule has 2 heterocycles. The van der Waals surface area contributed by atoms with Crippen LogP contribution in [-0.2, 0) is 4.74 Å². The van der Waals surface area contributed by atoms with E-state index in [9.17, 15) is 4.79 Å². The number of imidazole rings is 1. The van der Waals surface area contributed by atoms with Gasteiger partial charge in [0.15, 0.2) is 0 Å². The summed E-state index contributed by atoms with van der Waals surface area (Å²) in [5.41, 5.74) is 1.06. The van der Waals surface area contributed by atoms with E-state index in [4.69, 9.17) is 4.74 Å². The van der Waals surface area contributed by atoms with Crippen molar-refractivity contribution in [3.05, 3.63) is 66.8 Å². The predicted octanol–water partition coefficient (Wildman–Crippen LogP) is 3.32. The molecule has 0 aliphatic carbocycles. The molecule has 0 saturated carbocycles. The number of ether oxygens (including phenoxy) is 1. The fourth-order valence-electron chi connectivity index (χ4n) is 2.42. The molecular weight excluding hydrogens is 296 g/mol. The molecule has 22 heavy (non-hydrogen) atoms. The van der Waals surface area contributed by atoms with Crippen LogP contribution in [0.2, 0.25) is 0 Å². The van der Waals surface area contributed by atoms with Gasteiger partial charge in [0.25, 0.3) is 0 Å². The molecule has 0 unspecified atom stereocenters. The van der Waals surface area contributed by atoms with Gasteiger partial charge in [-0.2, -0.15) is 11.8 Å². The van der Waals surface area contributed by atoms with Crippen molar-refractivity contribution in [2.45, 2.75) is 18.6 Å².